The number of carbonyl (C=O) groups excluding carboxylic acids is 2. The molecule has 4 atom stereocenters. The summed E-state index contributed by atoms with van der Waals surface area (Å²) >= 11 is 0. The van der Waals surface area contributed by atoms with Gasteiger partial charge >= 0.3 is 0 Å². The predicted octanol–water partition coefficient (Wildman–Crippen LogP) is 4.68. The van der Waals surface area contributed by atoms with Crippen molar-refractivity contribution in [2.75, 3.05) is 0 Å². The number of carbonyl (C=O) groups is 2. The van der Waals surface area contributed by atoms with Crippen LogP contribution in [-0.4, -0.2) is 34.0 Å². The van der Waals surface area contributed by atoms with Gasteiger partial charge in [0.1, 0.15) is 23.7 Å². The first-order chi connectivity index (χ1) is 14.6. The van der Waals surface area contributed by atoms with E-state index in [4.69, 9.17) is 9.47 Å². The Morgan fingerprint density at radius 3 is 1.45 bits per heavy atom. The minimum absolute atomic E-state index is 0.0580. The lowest BCUT2D eigenvalue weighted by atomic mass is 9.73. The van der Waals surface area contributed by atoms with Crippen LogP contribution in [0.2, 0.25) is 0 Å². The molecule has 0 amide bonds. The Labute approximate surface area is 181 Å². The van der Waals surface area contributed by atoms with Crippen LogP contribution in [0.3, 0.4) is 0 Å². The van der Waals surface area contributed by atoms with Gasteiger partial charge in [-0.25, -0.2) is 0 Å². The minimum atomic E-state index is -0.381. The van der Waals surface area contributed by atoms with Crippen molar-refractivity contribution < 1.29 is 29.3 Å². The summed E-state index contributed by atoms with van der Waals surface area (Å²) in [5.74, 6) is -1.14. The molecule has 0 aromatic rings. The van der Waals surface area contributed by atoms with Crippen molar-refractivity contribution in [3.8, 4) is 0 Å². The largest absolute Gasteiger partial charge is 0.507 e. The van der Waals surface area contributed by atoms with Crippen LogP contribution in [0.4, 0.5) is 0 Å². The lowest BCUT2D eigenvalue weighted by Gasteiger charge is -2.35. The first kappa shape index (κ1) is 21.2. The predicted molar refractivity (Wildman–Crippen MR) is 115 cm³/mol. The molecule has 6 heteroatoms. The highest BCUT2D eigenvalue weighted by molar-refractivity contribution is 6.18. The van der Waals surface area contributed by atoms with E-state index in [1.165, 1.54) is 12.5 Å². The fourth-order valence-corrected chi connectivity index (χ4v) is 4.86. The van der Waals surface area contributed by atoms with Gasteiger partial charge in [0, 0.05) is 29.4 Å². The van der Waals surface area contributed by atoms with Gasteiger partial charge in [-0.2, -0.15) is 0 Å². The molecular weight excluding hydrogens is 396 g/mol. The number of ether oxygens (including phenoxy) is 2. The Balaban J connectivity index is 1.81. The first-order valence-electron chi connectivity index (χ1n) is 10.6. The van der Waals surface area contributed by atoms with Gasteiger partial charge in [0.05, 0.1) is 23.7 Å². The maximum absolute atomic E-state index is 13.2. The Bertz CT molecular complexity index is 1010. The highest BCUT2D eigenvalue weighted by Crippen LogP contribution is 2.44. The Hall–Kier alpha value is -3.02. The van der Waals surface area contributed by atoms with Crippen LogP contribution in [0.1, 0.15) is 48.0 Å². The summed E-state index contributed by atoms with van der Waals surface area (Å²) in [5.41, 5.74) is 3.70. The molecule has 2 heterocycles. The van der Waals surface area contributed by atoms with Crippen LogP contribution < -0.4 is 0 Å². The molecule has 0 spiro atoms. The average Bonchev–Trinajstić information content (AvgIpc) is 2.73. The lowest BCUT2D eigenvalue weighted by molar-refractivity contribution is -0.113. The SMILES string of the molecule is CC1=C2C(=CO[C@H](C)[C@H]2C)C(=O)C(CC2=C(O)C(C)=C3C(=CO[C@H](C)[C@H]3C)C2=O)=C1O. The van der Waals surface area contributed by atoms with Crippen molar-refractivity contribution in [1.29, 1.82) is 0 Å². The van der Waals surface area contributed by atoms with Crippen LogP contribution in [-0.2, 0) is 19.1 Å². The van der Waals surface area contributed by atoms with Gasteiger partial charge in [0.2, 0.25) is 0 Å². The molecule has 164 valence electrons. The monoisotopic (exact) mass is 424 g/mol. The molecule has 2 N–H and O–H groups in total. The maximum Gasteiger partial charge on any atom is 0.196 e. The van der Waals surface area contributed by atoms with Gasteiger partial charge < -0.3 is 19.7 Å². The van der Waals surface area contributed by atoms with Crippen LogP contribution in [0.5, 0.6) is 0 Å². The Kier molecular flexibility index (Phi) is 4.99. The summed E-state index contributed by atoms with van der Waals surface area (Å²) in [7, 11) is 0. The van der Waals surface area contributed by atoms with Crippen molar-refractivity contribution in [1.82, 2.24) is 0 Å². The maximum atomic E-state index is 13.2. The van der Waals surface area contributed by atoms with Crippen LogP contribution in [0.25, 0.3) is 0 Å². The second-order valence-electron chi connectivity index (χ2n) is 8.89. The van der Waals surface area contributed by atoms with Gasteiger partial charge in [0.15, 0.2) is 11.6 Å². The molecule has 0 radical (unpaired) electrons. The Morgan fingerprint density at radius 1 is 0.742 bits per heavy atom. The number of aliphatic hydroxyl groups excluding tert-OH is 2. The number of fused-ring (bicyclic) bond motifs is 2. The van der Waals surface area contributed by atoms with E-state index in [9.17, 15) is 19.8 Å². The molecule has 0 aromatic heterocycles. The van der Waals surface area contributed by atoms with E-state index in [2.05, 4.69) is 0 Å². The van der Waals surface area contributed by atoms with Crippen molar-refractivity contribution in [2.24, 2.45) is 11.8 Å². The number of hydrogen-bond donors (Lipinski definition) is 2. The van der Waals surface area contributed by atoms with Gasteiger partial charge in [-0.3, -0.25) is 9.59 Å². The van der Waals surface area contributed by atoms with E-state index >= 15 is 0 Å². The van der Waals surface area contributed by atoms with E-state index in [1.807, 2.05) is 27.7 Å². The molecule has 31 heavy (non-hydrogen) atoms. The van der Waals surface area contributed by atoms with Crippen LogP contribution in [0, 0.1) is 11.8 Å². The molecule has 2 aliphatic carbocycles. The standard InChI is InChI=1S/C25H28O6/c1-10-14(5)30-8-18-20(10)12(3)22(26)16(24(18)28)7-17-23(27)13(4)21-11(2)15(6)31-9-19(21)25(17)29/h8-11,14-15,26-27H,7H2,1-6H3/t10-,11-,14-,15-/m1/s1. The second-order valence-corrected chi connectivity index (χ2v) is 8.89. The van der Waals surface area contributed by atoms with E-state index in [-0.39, 0.29) is 64.7 Å². The van der Waals surface area contributed by atoms with Crippen LogP contribution >= 0.6 is 0 Å². The number of Topliss-reactive ketones (excluding diaryl/α,β-unsaturated/α-hetero) is 2. The second kappa shape index (κ2) is 7.29. The fraction of sp³-hybridized carbons (Fsp3) is 0.440. The molecule has 0 saturated carbocycles. The first-order valence-corrected chi connectivity index (χ1v) is 10.6. The number of rotatable bonds is 2. The average molecular weight is 424 g/mol. The zero-order valence-electron chi connectivity index (χ0n) is 18.7. The Morgan fingerprint density at radius 2 is 1.10 bits per heavy atom. The minimum Gasteiger partial charge on any atom is -0.507 e. The van der Waals surface area contributed by atoms with Gasteiger partial charge in [-0.05, 0) is 50.0 Å². The van der Waals surface area contributed by atoms with E-state index < -0.39 is 0 Å². The third kappa shape index (κ3) is 2.99. The van der Waals surface area contributed by atoms with Gasteiger partial charge in [-0.1, -0.05) is 13.8 Å². The van der Waals surface area contributed by atoms with E-state index in [0.717, 1.165) is 11.1 Å². The molecule has 0 saturated heterocycles. The summed E-state index contributed by atoms with van der Waals surface area (Å²) in [6, 6.07) is 0. The number of ketones is 2. The molecule has 0 bridgehead atoms. The van der Waals surface area contributed by atoms with E-state index in [1.54, 1.807) is 13.8 Å². The molecule has 2 aliphatic heterocycles. The normalized spacial score (nSPS) is 31.2. The summed E-state index contributed by atoms with van der Waals surface area (Å²) in [5, 5.41) is 21.8. The van der Waals surface area contributed by atoms with E-state index in [0.29, 0.717) is 22.3 Å². The van der Waals surface area contributed by atoms with Gasteiger partial charge in [-0.15, -0.1) is 0 Å². The molecule has 0 unspecified atom stereocenters. The molecule has 4 rings (SSSR count). The van der Waals surface area contributed by atoms with Crippen molar-refractivity contribution >= 4 is 11.6 Å². The highest BCUT2D eigenvalue weighted by Gasteiger charge is 2.41. The van der Waals surface area contributed by atoms with Crippen molar-refractivity contribution in [2.45, 2.75) is 60.2 Å². The topological polar surface area (TPSA) is 93.1 Å². The van der Waals surface area contributed by atoms with Crippen molar-refractivity contribution in [3.63, 3.8) is 0 Å². The number of hydrogen-bond acceptors (Lipinski definition) is 6. The molecule has 0 fully saturated rings. The number of allylic oxidation sites excluding steroid dienone is 6. The molecule has 0 aromatic carbocycles. The fourth-order valence-electron chi connectivity index (χ4n) is 4.86. The van der Waals surface area contributed by atoms with Crippen molar-refractivity contribution in [3.05, 3.63) is 68.6 Å². The number of aliphatic hydroxyl groups is 2. The summed E-state index contributed by atoms with van der Waals surface area (Å²) in [6.07, 6.45) is 2.48. The third-order valence-electron chi connectivity index (χ3n) is 7.18. The summed E-state index contributed by atoms with van der Waals surface area (Å²) in [4.78, 5) is 26.5. The molecular formula is C25H28O6. The summed E-state index contributed by atoms with van der Waals surface area (Å²) in [6.45, 7) is 11.3. The molecule has 6 nitrogen and oxygen atoms in total. The highest BCUT2D eigenvalue weighted by atomic mass is 16.5. The summed E-state index contributed by atoms with van der Waals surface area (Å²) < 4.78 is 11.2. The van der Waals surface area contributed by atoms with Gasteiger partial charge in [0.25, 0.3) is 0 Å². The third-order valence-corrected chi connectivity index (χ3v) is 7.18. The zero-order chi connectivity index (χ0) is 22.8. The zero-order valence-corrected chi connectivity index (χ0v) is 18.7. The quantitative estimate of drug-likeness (QED) is 0.669. The smallest absolute Gasteiger partial charge is 0.196 e. The molecule has 4 aliphatic rings. The van der Waals surface area contributed by atoms with Crippen LogP contribution in [0.15, 0.2) is 68.6 Å². The lowest BCUT2D eigenvalue weighted by Crippen LogP contribution is -2.32.